The average Bonchev–Trinajstić information content (AvgIpc) is 3.10. The first-order valence-electron chi connectivity index (χ1n) is 7.31. The van der Waals surface area contributed by atoms with Crippen molar-refractivity contribution in [2.75, 3.05) is 18.2 Å². The quantitative estimate of drug-likeness (QED) is 0.653. The highest BCUT2D eigenvalue weighted by Gasteiger charge is 2.11. The highest BCUT2D eigenvalue weighted by molar-refractivity contribution is 7.99. The highest BCUT2D eigenvalue weighted by atomic mass is 35.5. The van der Waals surface area contributed by atoms with Gasteiger partial charge in [0.15, 0.2) is 0 Å². The monoisotopic (exact) mass is 375 g/mol. The van der Waals surface area contributed by atoms with Crippen LogP contribution in [0.2, 0.25) is 5.02 Å². The molecule has 0 fully saturated rings. The fraction of sp³-hybridized carbons (Fsp3) is 0.118. The van der Waals surface area contributed by atoms with Gasteiger partial charge in [0.2, 0.25) is 11.8 Å². The fourth-order valence-corrected chi connectivity index (χ4v) is 2.85. The minimum atomic E-state index is -0.203. The Morgan fingerprint density at radius 2 is 2.04 bits per heavy atom. The van der Waals surface area contributed by atoms with E-state index in [2.05, 4.69) is 15.5 Å². The van der Waals surface area contributed by atoms with Crippen molar-refractivity contribution in [3.8, 4) is 17.2 Å². The molecular formula is C17H14ClN3O3S. The van der Waals surface area contributed by atoms with Crippen LogP contribution in [0.15, 0.2) is 58.2 Å². The highest BCUT2D eigenvalue weighted by Crippen LogP contribution is 2.27. The van der Waals surface area contributed by atoms with Crippen LogP contribution in [0, 0.1) is 0 Å². The van der Waals surface area contributed by atoms with E-state index in [1.165, 1.54) is 18.9 Å². The molecule has 1 N–H and O–H groups in total. The van der Waals surface area contributed by atoms with Crippen LogP contribution in [0.25, 0.3) is 11.5 Å². The number of anilines is 1. The van der Waals surface area contributed by atoms with E-state index in [0.29, 0.717) is 27.6 Å². The number of methoxy groups -OCH3 is 1. The third kappa shape index (κ3) is 4.52. The van der Waals surface area contributed by atoms with Crippen LogP contribution < -0.4 is 10.1 Å². The number of rotatable bonds is 6. The zero-order valence-corrected chi connectivity index (χ0v) is 14.8. The third-order valence-electron chi connectivity index (χ3n) is 3.19. The molecule has 0 bridgehead atoms. The van der Waals surface area contributed by atoms with Crippen LogP contribution >= 0.6 is 23.4 Å². The molecule has 2 aromatic carbocycles. The summed E-state index contributed by atoms with van der Waals surface area (Å²) in [5, 5.41) is 11.4. The number of benzene rings is 2. The lowest BCUT2D eigenvalue weighted by molar-refractivity contribution is -0.113. The zero-order chi connectivity index (χ0) is 17.6. The Kier molecular flexibility index (Phi) is 5.57. The number of aromatic nitrogens is 2. The summed E-state index contributed by atoms with van der Waals surface area (Å²) in [7, 11) is 1.53. The van der Waals surface area contributed by atoms with Crippen molar-refractivity contribution in [3.05, 3.63) is 53.6 Å². The molecule has 0 aliphatic rings. The number of ether oxygens (including phenoxy) is 1. The van der Waals surface area contributed by atoms with Gasteiger partial charge >= 0.3 is 0 Å². The lowest BCUT2D eigenvalue weighted by Gasteiger charge is -2.07. The second-order valence-electron chi connectivity index (χ2n) is 4.93. The Morgan fingerprint density at radius 3 is 2.76 bits per heavy atom. The molecule has 0 saturated carbocycles. The number of carbonyl (C=O) groups is 1. The van der Waals surface area contributed by atoms with Gasteiger partial charge in [0, 0.05) is 11.3 Å². The molecular weight excluding hydrogens is 362 g/mol. The normalized spacial score (nSPS) is 10.5. The van der Waals surface area contributed by atoms with E-state index in [9.17, 15) is 4.79 Å². The lowest BCUT2D eigenvalue weighted by atomic mass is 10.2. The summed E-state index contributed by atoms with van der Waals surface area (Å²) in [5.41, 5.74) is 1.42. The van der Waals surface area contributed by atoms with Gasteiger partial charge in [0.1, 0.15) is 5.75 Å². The molecule has 0 aliphatic heterocycles. The molecule has 1 heterocycles. The molecule has 1 aromatic heterocycles. The van der Waals surface area contributed by atoms with Crippen molar-refractivity contribution >= 4 is 35.0 Å². The van der Waals surface area contributed by atoms with Gasteiger partial charge in [-0.3, -0.25) is 4.79 Å². The van der Waals surface area contributed by atoms with E-state index in [0.717, 1.165) is 5.56 Å². The summed E-state index contributed by atoms with van der Waals surface area (Å²) in [6.07, 6.45) is 0. The molecule has 1 amide bonds. The summed E-state index contributed by atoms with van der Waals surface area (Å²) < 4.78 is 10.6. The largest absolute Gasteiger partial charge is 0.495 e. The molecule has 0 unspecified atom stereocenters. The number of hydrogen-bond donors (Lipinski definition) is 1. The van der Waals surface area contributed by atoms with Gasteiger partial charge in [-0.15, -0.1) is 10.2 Å². The minimum absolute atomic E-state index is 0.139. The first-order valence-corrected chi connectivity index (χ1v) is 8.67. The molecule has 128 valence electrons. The van der Waals surface area contributed by atoms with Crippen LogP contribution in [0.1, 0.15) is 0 Å². The topological polar surface area (TPSA) is 77.2 Å². The third-order valence-corrected chi connectivity index (χ3v) is 4.30. The predicted octanol–water partition coefficient (Wildman–Crippen LogP) is 4.13. The van der Waals surface area contributed by atoms with E-state index in [4.69, 9.17) is 20.8 Å². The van der Waals surface area contributed by atoms with Crippen molar-refractivity contribution in [2.45, 2.75) is 5.22 Å². The smallest absolute Gasteiger partial charge is 0.277 e. The summed E-state index contributed by atoms with van der Waals surface area (Å²) in [4.78, 5) is 12.0. The number of hydrogen-bond acceptors (Lipinski definition) is 6. The second kappa shape index (κ2) is 8.04. The number of halogens is 1. The average molecular weight is 376 g/mol. The maximum atomic E-state index is 12.0. The fourth-order valence-electron chi connectivity index (χ4n) is 2.03. The molecule has 0 saturated heterocycles. The summed E-state index contributed by atoms with van der Waals surface area (Å²) >= 11 is 7.20. The van der Waals surface area contributed by atoms with Gasteiger partial charge in [0.05, 0.1) is 17.9 Å². The number of amides is 1. The molecule has 0 atom stereocenters. The number of carbonyl (C=O) groups excluding carboxylic acids is 1. The van der Waals surface area contributed by atoms with Gasteiger partial charge in [0.25, 0.3) is 5.22 Å². The standard InChI is InChI=1S/C17H14ClN3O3S/c1-23-14-8-7-12(9-13(14)18)19-15(22)10-25-17-21-20-16(24-17)11-5-3-2-4-6-11/h2-9H,10H2,1H3,(H,19,22). The summed E-state index contributed by atoms with van der Waals surface area (Å²) in [6, 6.07) is 14.5. The van der Waals surface area contributed by atoms with Crippen LogP contribution in [0.4, 0.5) is 5.69 Å². The Bertz CT molecular complexity index is 871. The van der Waals surface area contributed by atoms with Crippen molar-refractivity contribution < 1.29 is 13.9 Å². The molecule has 8 heteroatoms. The van der Waals surface area contributed by atoms with Crippen molar-refractivity contribution in [2.24, 2.45) is 0 Å². The summed E-state index contributed by atoms with van der Waals surface area (Å²) in [5.74, 6) is 0.907. The molecule has 0 aliphatic carbocycles. The van der Waals surface area contributed by atoms with E-state index in [1.54, 1.807) is 18.2 Å². The van der Waals surface area contributed by atoms with Crippen molar-refractivity contribution in [1.29, 1.82) is 0 Å². The Balaban J connectivity index is 1.56. The van der Waals surface area contributed by atoms with E-state index >= 15 is 0 Å². The van der Waals surface area contributed by atoms with E-state index < -0.39 is 0 Å². The van der Waals surface area contributed by atoms with Crippen LogP contribution in [-0.2, 0) is 4.79 Å². The van der Waals surface area contributed by atoms with Crippen LogP contribution in [-0.4, -0.2) is 29.0 Å². The molecule has 6 nitrogen and oxygen atoms in total. The zero-order valence-electron chi connectivity index (χ0n) is 13.2. The van der Waals surface area contributed by atoms with Gasteiger partial charge < -0.3 is 14.5 Å². The Hall–Kier alpha value is -2.51. The number of nitrogens with zero attached hydrogens (tertiary/aromatic N) is 2. The molecule has 0 spiro atoms. The van der Waals surface area contributed by atoms with Crippen LogP contribution in [0.5, 0.6) is 5.75 Å². The maximum absolute atomic E-state index is 12.0. The minimum Gasteiger partial charge on any atom is -0.495 e. The van der Waals surface area contributed by atoms with E-state index in [-0.39, 0.29) is 11.7 Å². The first-order chi connectivity index (χ1) is 12.2. The number of thioether (sulfide) groups is 1. The van der Waals surface area contributed by atoms with Crippen LogP contribution in [0.3, 0.4) is 0 Å². The number of nitrogens with one attached hydrogen (secondary N) is 1. The first kappa shape index (κ1) is 17.3. The SMILES string of the molecule is COc1ccc(NC(=O)CSc2nnc(-c3ccccc3)o2)cc1Cl. The van der Waals surface area contributed by atoms with Crippen molar-refractivity contribution in [3.63, 3.8) is 0 Å². The maximum Gasteiger partial charge on any atom is 0.277 e. The molecule has 3 rings (SSSR count). The van der Waals surface area contributed by atoms with Crippen molar-refractivity contribution in [1.82, 2.24) is 10.2 Å². The second-order valence-corrected chi connectivity index (χ2v) is 6.26. The lowest BCUT2D eigenvalue weighted by Crippen LogP contribution is -2.14. The molecule has 25 heavy (non-hydrogen) atoms. The van der Waals surface area contributed by atoms with Gasteiger partial charge in [-0.1, -0.05) is 41.6 Å². The molecule has 0 radical (unpaired) electrons. The summed E-state index contributed by atoms with van der Waals surface area (Å²) in [6.45, 7) is 0. The Labute approximate surface area is 153 Å². The van der Waals surface area contributed by atoms with Gasteiger partial charge in [-0.2, -0.15) is 0 Å². The van der Waals surface area contributed by atoms with Gasteiger partial charge in [-0.25, -0.2) is 0 Å². The van der Waals surface area contributed by atoms with E-state index in [1.807, 2.05) is 30.3 Å². The Morgan fingerprint density at radius 1 is 1.24 bits per heavy atom. The predicted molar refractivity (Wildman–Crippen MR) is 97.1 cm³/mol. The molecule has 3 aromatic rings. The van der Waals surface area contributed by atoms with Gasteiger partial charge in [-0.05, 0) is 30.3 Å².